The third-order valence-corrected chi connectivity index (χ3v) is 5.06. The zero-order valence-electron chi connectivity index (χ0n) is 15.6. The Morgan fingerprint density at radius 3 is 1.41 bits per heavy atom. The smallest absolute Gasteiger partial charge is 0.318 e. The minimum atomic E-state index is -0.0372. The summed E-state index contributed by atoms with van der Waals surface area (Å²) in [5.74, 6) is 0. The van der Waals surface area contributed by atoms with Crippen molar-refractivity contribution in [3.63, 3.8) is 0 Å². The predicted molar refractivity (Wildman–Crippen MR) is 106 cm³/mol. The summed E-state index contributed by atoms with van der Waals surface area (Å²) in [6.45, 7) is 5.72. The van der Waals surface area contributed by atoms with Gasteiger partial charge in [-0.2, -0.15) is 0 Å². The average Bonchev–Trinajstić information content (AvgIpc) is 3.56. The first-order chi connectivity index (χ1) is 13.0. The second kappa shape index (κ2) is 6.95. The Kier molecular flexibility index (Phi) is 4.48. The van der Waals surface area contributed by atoms with Crippen molar-refractivity contribution in [2.45, 2.75) is 32.4 Å². The maximum Gasteiger partial charge on any atom is 0.322 e. The minimum absolute atomic E-state index is 0.0372. The van der Waals surface area contributed by atoms with Gasteiger partial charge in [0.25, 0.3) is 0 Å². The molecule has 0 saturated carbocycles. The molecule has 2 atom stereocenters. The third-order valence-electron chi connectivity index (χ3n) is 5.06. The van der Waals surface area contributed by atoms with Crippen LogP contribution < -0.4 is 10.6 Å². The Morgan fingerprint density at radius 1 is 0.778 bits per heavy atom. The predicted octanol–water partition coefficient (Wildman–Crippen LogP) is 3.75. The lowest BCUT2D eigenvalue weighted by atomic mass is 10.0. The number of benzene rings is 2. The number of hydrogen-bond donors (Lipinski definition) is 2. The lowest BCUT2D eigenvalue weighted by molar-refractivity contribution is 0.239. The fourth-order valence-electron chi connectivity index (χ4n) is 3.08. The minimum Gasteiger partial charge on any atom is -0.318 e. The summed E-state index contributed by atoms with van der Waals surface area (Å²) >= 11 is 0. The van der Waals surface area contributed by atoms with Crippen molar-refractivity contribution in [1.29, 1.82) is 0 Å². The van der Waals surface area contributed by atoms with E-state index in [1.54, 1.807) is 9.80 Å². The van der Waals surface area contributed by atoms with Gasteiger partial charge in [-0.05, 0) is 55.7 Å². The van der Waals surface area contributed by atoms with Crippen LogP contribution >= 0.6 is 0 Å². The second-order valence-electron chi connectivity index (χ2n) is 7.43. The molecule has 140 valence electrons. The SMILES string of the molecule is C[C@H]1CN1C(=O)Nc1ccc(Cc2ccc(NC(=O)N3C[C@@H]3C)cc2)cc1. The van der Waals surface area contributed by atoms with Crippen LogP contribution in [0.5, 0.6) is 0 Å². The Bertz CT molecular complexity index is 776. The second-order valence-corrected chi connectivity index (χ2v) is 7.43. The highest BCUT2D eigenvalue weighted by molar-refractivity contribution is 5.91. The molecule has 2 aliphatic rings. The van der Waals surface area contributed by atoms with Gasteiger partial charge in [0, 0.05) is 36.5 Å². The Balaban J connectivity index is 1.30. The molecule has 0 aliphatic carbocycles. The fraction of sp³-hybridized carbons (Fsp3) is 0.333. The first kappa shape index (κ1) is 17.4. The van der Waals surface area contributed by atoms with Crippen LogP contribution in [0.4, 0.5) is 21.0 Å². The van der Waals surface area contributed by atoms with Gasteiger partial charge in [0.2, 0.25) is 0 Å². The van der Waals surface area contributed by atoms with Crippen molar-refractivity contribution < 1.29 is 9.59 Å². The number of amides is 4. The topological polar surface area (TPSA) is 64.2 Å². The molecule has 2 aliphatic heterocycles. The van der Waals surface area contributed by atoms with E-state index in [2.05, 4.69) is 10.6 Å². The van der Waals surface area contributed by atoms with Crippen LogP contribution in [0.15, 0.2) is 48.5 Å². The number of anilines is 2. The number of nitrogens with zero attached hydrogens (tertiary/aromatic N) is 2. The molecule has 6 nitrogen and oxygen atoms in total. The molecule has 2 heterocycles. The van der Waals surface area contributed by atoms with Crippen molar-refractivity contribution in [2.75, 3.05) is 23.7 Å². The van der Waals surface area contributed by atoms with E-state index in [1.807, 2.05) is 62.4 Å². The molecule has 4 amide bonds. The Hall–Kier alpha value is -3.02. The van der Waals surface area contributed by atoms with Gasteiger partial charge in [-0.15, -0.1) is 0 Å². The molecular formula is C21H24N4O2. The summed E-state index contributed by atoms with van der Waals surface area (Å²) in [6.07, 6.45) is 0.800. The van der Waals surface area contributed by atoms with Crippen LogP contribution in [0.25, 0.3) is 0 Å². The molecule has 0 bridgehead atoms. The number of nitrogens with one attached hydrogen (secondary N) is 2. The monoisotopic (exact) mass is 364 g/mol. The van der Waals surface area contributed by atoms with E-state index in [1.165, 1.54) is 11.1 Å². The summed E-state index contributed by atoms with van der Waals surface area (Å²) in [5, 5.41) is 5.82. The molecule has 2 fully saturated rings. The quantitative estimate of drug-likeness (QED) is 0.812. The van der Waals surface area contributed by atoms with Crippen LogP contribution in [-0.4, -0.2) is 47.0 Å². The molecule has 0 radical (unpaired) electrons. The van der Waals surface area contributed by atoms with E-state index in [-0.39, 0.29) is 12.1 Å². The van der Waals surface area contributed by atoms with Gasteiger partial charge in [-0.25, -0.2) is 9.59 Å². The average molecular weight is 364 g/mol. The zero-order chi connectivity index (χ0) is 19.0. The Morgan fingerprint density at radius 2 is 1.11 bits per heavy atom. The number of rotatable bonds is 4. The van der Waals surface area contributed by atoms with Gasteiger partial charge in [-0.3, -0.25) is 0 Å². The highest BCUT2D eigenvalue weighted by Crippen LogP contribution is 2.21. The summed E-state index contributed by atoms with van der Waals surface area (Å²) < 4.78 is 0. The molecule has 0 unspecified atom stereocenters. The number of carbonyl (C=O) groups is 2. The van der Waals surface area contributed by atoms with Crippen molar-refractivity contribution in [1.82, 2.24) is 9.80 Å². The van der Waals surface area contributed by atoms with Crippen LogP contribution in [0.3, 0.4) is 0 Å². The van der Waals surface area contributed by atoms with Gasteiger partial charge >= 0.3 is 12.1 Å². The number of carbonyl (C=O) groups excluding carboxylic acids is 2. The van der Waals surface area contributed by atoms with Crippen molar-refractivity contribution in [2.24, 2.45) is 0 Å². The van der Waals surface area contributed by atoms with Gasteiger partial charge in [-0.1, -0.05) is 24.3 Å². The molecule has 2 saturated heterocycles. The van der Waals surface area contributed by atoms with Crippen LogP contribution in [0.2, 0.25) is 0 Å². The van der Waals surface area contributed by atoms with Crippen LogP contribution in [0, 0.1) is 0 Å². The lowest BCUT2D eigenvalue weighted by Crippen LogP contribution is -2.20. The fourth-order valence-corrected chi connectivity index (χ4v) is 3.08. The van der Waals surface area contributed by atoms with E-state index >= 15 is 0 Å². The summed E-state index contributed by atoms with van der Waals surface area (Å²) in [5.41, 5.74) is 3.96. The van der Waals surface area contributed by atoms with Crippen molar-refractivity contribution >= 4 is 23.4 Å². The molecule has 4 rings (SSSR count). The van der Waals surface area contributed by atoms with E-state index in [0.29, 0.717) is 12.1 Å². The normalized spacial score (nSPS) is 20.2. The third kappa shape index (κ3) is 4.22. The van der Waals surface area contributed by atoms with E-state index in [9.17, 15) is 9.59 Å². The van der Waals surface area contributed by atoms with Gasteiger partial charge < -0.3 is 20.4 Å². The summed E-state index contributed by atoms with van der Waals surface area (Å²) in [6, 6.07) is 16.5. The molecule has 6 heteroatoms. The molecular weight excluding hydrogens is 340 g/mol. The first-order valence-electron chi connectivity index (χ1n) is 9.33. The standard InChI is InChI=1S/C21H24N4O2/c1-14-12-24(14)20(26)22-18-7-3-16(4-8-18)11-17-5-9-19(10-6-17)23-21(27)25-13-15(25)2/h3-10,14-15H,11-13H2,1-2H3,(H,22,26)(H,23,27)/t14-,15-,24?,25?/m0/s1. The molecule has 2 aromatic rings. The van der Waals surface area contributed by atoms with Crippen LogP contribution in [0.1, 0.15) is 25.0 Å². The highest BCUT2D eigenvalue weighted by Gasteiger charge is 2.34. The van der Waals surface area contributed by atoms with Gasteiger partial charge in [0.1, 0.15) is 0 Å². The molecule has 2 aromatic carbocycles. The van der Waals surface area contributed by atoms with E-state index < -0.39 is 0 Å². The summed E-state index contributed by atoms with van der Waals surface area (Å²) in [4.78, 5) is 27.4. The molecule has 0 aromatic heterocycles. The summed E-state index contributed by atoms with van der Waals surface area (Å²) in [7, 11) is 0. The molecule has 0 spiro atoms. The number of hydrogen-bond acceptors (Lipinski definition) is 2. The lowest BCUT2D eigenvalue weighted by Gasteiger charge is -2.09. The number of urea groups is 2. The largest absolute Gasteiger partial charge is 0.322 e. The van der Waals surface area contributed by atoms with Crippen molar-refractivity contribution in [3.8, 4) is 0 Å². The zero-order valence-corrected chi connectivity index (χ0v) is 15.6. The maximum atomic E-state index is 11.9. The van der Waals surface area contributed by atoms with Gasteiger partial charge in [0.05, 0.1) is 0 Å². The van der Waals surface area contributed by atoms with Gasteiger partial charge in [0.15, 0.2) is 0 Å². The molecule has 2 N–H and O–H groups in total. The van der Waals surface area contributed by atoms with Crippen molar-refractivity contribution in [3.05, 3.63) is 59.7 Å². The van der Waals surface area contributed by atoms with E-state index in [0.717, 1.165) is 30.9 Å². The first-order valence-corrected chi connectivity index (χ1v) is 9.33. The van der Waals surface area contributed by atoms with E-state index in [4.69, 9.17) is 0 Å². The maximum absolute atomic E-state index is 11.9. The highest BCUT2D eigenvalue weighted by atomic mass is 16.2. The van der Waals surface area contributed by atoms with Crippen LogP contribution in [-0.2, 0) is 6.42 Å². The molecule has 27 heavy (non-hydrogen) atoms. The Labute approximate surface area is 159 Å².